The Labute approximate surface area is 114 Å². The Morgan fingerprint density at radius 2 is 1.74 bits per heavy atom. The van der Waals surface area contributed by atoms with Crippen molar-refractivity contribution < 1.29 is 4.74 Å². The van der Waals surface area contributed by atoms with Crippen LogP contribution in [0.4, 0.5) is 5.69 Å². The third-order valence-electron chi connectivity index (χ3n) is 3.67. The molecule has 1 aliphatic rings. The molecule has 0 amide bonds. The second-order valence-corrected chi connectivity index (χ2v) is 5.35. The van der Waals surface area contributed by atoms with Crippen LogP contribution in [0, 0.1) is 20.8 Å². The summed E-state index contributed by atoms with van der Waals surface area (Å²) in [7, 11) is 0. The normalized spacial score (nSPS) is 17.3. The fourth-order valence-electron chi connectivity index (χ4n) is 2.55. The predicted octanol–water partition coefficient (Wildman–Crippen LogP) is 4.16. The summed E-state index contributed by atoms with van der Waals surface area (Å²) in [6.45, 7) is 7.17. The van der Waals surface area contributed by atoms with Crippen LogP contribution in [0.3, 0.4) is 0 Å². The van der Waals surface area contributed by atoms with Crippen molar-refractivity contribution in [1.82, 2.24) is 0 Å². The molecule has 2 aromatic carbocycles. The van der Waals surface area contributed by atoms with E-state index in [1.54, 1.807) is 0 Å². The highest BCUT2D eigenvalue weighted by Crippen LogP contribution is 2.35. The fourth-order valence-corrected chi connectivity index (χ4v) is 2.55. The molecule has 0 radical (unpaired) electrons. The van der Waals surface area contributed by atoms with Gasteiger partial charge in [-0.1, -0.05) is 29.8 Å². The Balaban J connectivity index is 1.95. The summed E-state index contributed by atoms with van der Waals surface area (Å²) in [5, 5.41) is 3.46. The lowest BCUT2D eigenvalue weighted by Gasteiger charge is -2.29. The molecule has 1 N–H and O–H groups in total. The van der Waals surface area contributed by atoms with Crippen molar-refractivity contribution in [3.05, 3.63) is 58.7 Å². The van der Waals surface area contributed by atoms with E-state index in [0.29, 0.717) is 0 Å². The standard InChI is InChI=1S/C17H19NO/c1-11-4-6-13(3)14(8-11)17-10-18-15-7-5-12(2)9-16(15)19-17/h4-9,17-18H,10H2,1-3H3. The SMILES string of the molecule is Cc1ccc2c(c1)OC(c1cc(C)ccc1C)CN2. The first-order valence-corrected chi connectivity index (χ1v) is 6.72. The molecule has 2 heteroatoms. The number of anilines is 1. The number of fused-ring (bicyclic) bond motifs is 1. The Bertz CT molecular complexity index is 619. The second-order valence-electron chi connectivity index (χ2n) is 5.35. The lowest BCUT2D eigenvalue weighted by molar-refractivity contribution is 0.209. The van der Waals surface area contributed by atoms with Gasteiger partial charge in [0, 0.05) is 0 Å². The van der Waals surface area contributed by atoms with Gasteiger partial charge in [-0.15, -0.1) is 0 Å². The Morgan fingerprint density at radius 1 is 1.00 bits per heavy atom. The van der Waals surface area contributed by atoms with Crippen molar-refractivity contribution in [3.8, 4) is 5.75 Å². The van der Waals surface area contributed by atoms with E-state index >= 15 is 0 Å². The molecule has 0 fully saturated rings. The largest absolute Gasteiger partial charge is 0.482 e. The van der Waals surface area contributed by atoms with Gasteiger partial charge in [-0.3, -0.25) is 0 Å². The van der Waals surface area contributed by atoms with Crippen LogP contribution in [0.15, 0.2) is 36.4 Å². The highest BCUT2D eigenvalue weighted by atomic mass is 16.5. The first kappa shape index (κ1) is 12.1. The summed E-state index contributed by atoms with van der Waals surface area (Å²) < 4.78 is 6.17. The summed E-state index contributed by atoms with van der Waals surface area (Å²) >= 11 is 0. The summed E-state index contributed by atoms with van der Waals surface area (Å²) in [4.78, 5) is 0. The van der Waals surface area contributed by atoms with E-state index in [1.807, 2.05) is 0 Å². The van der Waals surface area contributed by atoms with Gasteiger partial charge >= 0.3 is 0 Å². The maximum Gasteiger partial charge on any atom is 0.143 e. The summed E-state index contributed by atoms with van der Waals surface area (Å²) in [5.41, 5.74) is 6.15. The molecule has 1 unspecified atom stereocenters. The van der Waals surface area contributed by atoms with E-state index in [4.69, 9.17) is 4.74 Å². The van der Waals surface area contributed by atoms with Crippen LogP contribution in [0.2, 0.25) is 0 Å². The molecular formula is C17H19NO. The van der Waals surface area contributed by atoms with Gasteiger partial charge in [0.05, 0.1) is 12.2 Å². The van der Waals surface area contributed by atoms with Crippen molar-refractivity contribution in [1.29, 1.82) is 0 Å². The van der Waals surface area contributed by atoms with Gasteiger partial charge in [0.1, 0.15) is 11.9 Å². The van der Waals surface area contributed by atoms with Gasteiger partial charge in [-0.2, -0.15) is 0 Å². The quantitative estimate of drug-likeness (QED) is 0.824. The molecule has 19 heavy (non-hydrogen) atoms. The summed E-state index contributed by atoms with van der Waals surface area (Å²) in [5.74, 6) is 0.956. The number of ether oxygens (including phenoxy) is 1. The van der Waals surface area contributed by atoms with E-state index in [1.165, 1.54) is 22.3 Å². The molecule has 1 heterocycles. The van der Waals surface area contributed by atoms with Gasteiger partial charge in [-0.05, 0) is 49.6 Å². The minimum Gasteiger partial charge on any atom is -0.482 e. The van der Waals surface area contributed by atoms with E-state index in [0.717, 1.165) is 18.0 Å². The molecule has 0 aromatic heterocycles. The third-order valence-corrected chi connectivity index (χ3v) is 3.67. The van der Waals surface area contributed by atoms with Gasteiger partial charge in [0.25, 0.3) is 0 Å². The van der Waals surface area contributed by atoms with Crippen LogP contribution in [0.5, 0.6) is 5.75 Å². The van der Waals surface area contributed by atoms with E-state index in [9.17, 15) is 0 Å². The van der Waals surface area contributed by atoms with E-state index in [-0.39, 0.29) is 6.10 Å². The van der Waals surface area contributed by atoms with Gasteiger partial charge < -0.3 is 10.1 Å². The van der Waals surface area contributed by atoms with Crippen LogP contribution in [0.25, 0.3) is 0 Å². The molecule has 2 aromatic rings. The number of rotatable bonds is 1. The molecule has 0 saturated carbocycles. The number of hydrogen-bond acceptors (Lipinski definition) is 2. The lowest BCUT2D eigenvalue weighted by atomic mass is 9.99. The molecule has 1 aliphatic heterocycles. The smallest absolute Gasteiger partial charge is 0.143 e. The maximum atomic E-state index is 6.17. The van der Waals surface area contributed by atoms with Gasteiger partial charge in [0.15, 0.2) is 0 Å². The zero-order valence-corrected chi connectivity index (χ0v) is 11.7. The highest BCUT2D eigenvalue weighted by molar-refractivity contribution is 5.59. The zero-order valence-electron chi connectivity index (χ0n) is 11.7. The number of aryl methyl sites for hydroxylation is 3. The number of benzene rings is 2. The minimum atomic E-state index is 0.0919. The molecular weight excluding hydrogens is 234 g/mol. The summed E-state index contributed by atoms with van der Waals surface area (Å²) in [6, 6.07) is 12.8. The van der Waals surface area contributed by atoms with Crippen molar-refractivity contribution >= 4 is 5.69 Å². The van der Waals surface area contributed by atoms with Crippen molar-refractivity contribution in [2.24, 2.45) is 0 Å². The van der Waals surface area contributed by atoms with Crippen LogP contribution < -0.4 is 10.1 Å². The van der Waals surface area contributed by atoms with Crippen LogP contribution in [0.1, 0.15) is 28.4 Å². The third kappa shape index (κ3) is 2.30. The number of nitrogens with one attached hydrogen (secondary N) is 1. The second kappa shape index (κ2) is 4.61. The molecule has 0 saturated heterocycles. The average Bonchev–Trinajstić information content (AvgIpc) is 2.40. The Morgan fingerprint density at radius 3 is 2.58 bits per heavy atom. The Hall–Kier alpha value is -1.96. The molecule has 0 bridgehead atoms. The van der Waals surface area contributed by atoms with Crippen LogP contribution in [-0.4, -0.2) is 6.54 Å². The molecule has 2 nitrogen and oxygen atoms in total. The van der Waals surface area contributed by atoms with Crippen molar-refractivity contribution in [2.45, 2.75) is 26.9 Å². The minimum absolute atomic E-state index is 0.0919. The van der Waals surface area contributed by atoms with E-state index < -0.39 is 0 Å². The summed E-state index contributed by atoms with van der Waals surface area (Å²) in [6.07, 6.45) is 0.0919. The number of hydrogen-bond donors (Lipinski definition) is 1. The van der Waals surface area contributed by atoms with Crippen molar-refractivity contribution in [2.75, 3.05) is 11.9 Å². The molecule has 98 valence electrons. The first-order valence-electron chi connectivity index (χ1n) is 6.72. The van der Waals surface area contributed by atoms with Crippen LogP contribution in [-0.2, 0) is 0 Å². The zero-order chi connectivity index (χ0) is 13.4. The van der Waals surface area contributed by atoms with E-state index in [2.05, 4.69) is 62.5 Å². The molecule has 0 aliphatic carbocycles. The monoisotopic (exact) mass is 253 g/mol. The van der Waals surface area contributed by atoms with Crippen molar-refractivity contribution in [3.63, 3.8) is 0 Å². The average molecular weight is 253 g/mol. The maximum absolute atomic E-state index is 6.17. The Kier molecular flexibility index (Phi) is 2.94. The fraction of sp³-hybridized carbons (Fsp3) is 0.294. The first-order chi connectivity index (χ1) is 9.13. The van der Waals surface area contributed by atoms with Gasteiger partial charge in [0.2, 0.25) is 0 Å². The topological polar surface area (TPSA) is 21.3 Å². The highest BCUT2D eigenvalue weighted by Gasteiger charge is 2.22. The molecule has 1 atom stereocenters. The lowest BCUT2D eigenvalue weighted by Crippen LogP contribution is -2.24. The predicted molar refractivity (Wildman–Crippen MR) is 79.0 cm³/mol. The molecule has 0 spiro atoms. The van der Waals surface area contributed by atoms with Crippen LogP contribution >= 0.6 is 0 Å². The van der Waals surface area contributed by atoms with Gasteiger partial charge in [-0.25, -0.2) is 0 Å². The molecule has 3 rings (SSSR count).